The van der Waals surface area contributed by atoms with Gasteiger partial charge < -0.3 is 10.1 Å². The fraction of sp³-hybridized carbons (Fsp3) is 0.316. The number of rotatable bonds is 7. The van der Waals surface area contributed by atoms with Crippen LogP contribution in [0.2, 0.25) is 0 Å². The van der Waals surface area contributed by atoms with Crippen LogP contribution in [-0.4, -0.2) is 12.1 Å². The Balaban J connectivity index is 1.79. The predicted molar refractivity (Wildman–Crippen MR) is 102 cm³/mol. The smallest absolute Gasteiger partial charge is 0.123 e. The number of benzene rings is 1. The Hall–Kier alpha value is -1.69. The molecule has 1 atom stereocenters. The number of aryl methyl sites for hydroxylation is 2. The number of nitrogens with one attached hydrogen (secondary N) is 1. The molecular formula is C19H22N2OS2. The van der Waals surface area contributed by atoms with Gasteiger partial charge in [-0.15, -0.1) is 11.3 Å². The second-order valence-electron chi connectivity index (χ2n) is 5.77. The molecule has 0 saturated heterocycles. The van der Waals surface area contributed by atoms with E-state index in [0.717, 1.165) is 29.4 Å². The number of para-hydroxylation sites is 1. The van der Waals surface area contributed by atoms with Gasteiger partial charge in [-0.2, -0.15) is 11.3 Å². The largest absolute Gasteiger partial charge is 0.496 e. The number of hydrogen-bond acceptors (Lipinski definition) is 5. The molecule has 24 heavy (non-hydrogen) atoms. The predicted octanol–water partition coefficient (Wildman–Crippen LogP) is 4.90. The lowest BCUT2D eigenvalue weighted by Crippen LogP contribution is -2.23. The van der Waals surface area contributed by atoms with Crippen molar-refractivity contribution in [2.45, 2.75) is 32.9 Å². The van der Waals surface area contributed by atoms with Crippen molar-refractivity contribution < 1.29 is 4.74 Å². The van der Waals surface area contributed by atoms with Crippen molar-refractivity contribution in [1.29, 1.82) is 0 Å². The quantitative estimate of drug-likeness (QED) is 0.652. The fourth-order valence-corrected chi connectivity index (χ4v) is 4.30. The molecule has 1 N–H and O–H groups in total. The molecular weight excluding hydrogens is 336 g/mol. The molecule has 0 aliphatic heterocycles. The number of nitrogens with zero attached hydrogens (tertiary/aromatic N) is 1. The van der Waals surface area contributed by atoms with Crippen LogP contribution in [0.1, 0.15) is 32.7 Å². The Labute approximate surface area is 151 Å². The third-order valence-electron chi connectivity index (χ3n) is 4.09. The standard InChI is InChI=1S/C19H22N2OS2/c1-13-14(2)24-19(21-13)17(10-15-8-9-23-12-15)20-11-16-6-4-5-7-18(16)22-3/h4-9,12,17,20H,10-11H2,1-3H3/t17-/m1/s1. The molecule has 3 aromatic rings. The molecule has 5 heteroatoms. The summed E-state index contributed by atoms with van der Waals surface area (Å²) in [6.07, 6.45) is 0.949. The summed E-state index contributed by atoms with van der Waals surface area (Å²) in [7, 11) is 1.72. The monoisotopic (exact) mass is 358 g/mol. The SMILES string of the molecule is COc1ccccc1CN[C@H](Cc1ccsc1)c1nc(C)c(C)s1. The van der Waals surface area contributed by atoms with Crippen LogP contribution in [0.15, 0.2) is 41.1 Å². The minimum Gasteiger partial charge on any atom is -0.496 e. The second-order valence-corrected chi connectivity index (χ2v) is 7.79. The summed E-state index contributed by atoms with van der Waals surface area (Å²) in [5.41, 5.74) is 3.65. The molecule has 0 aliphatic carbocycles. The van der Waals surface area contributed by atoms with Gasteiger partial charge >= 0.3 is 0 Å². The summed E-state index contributed by atoms with van der Waals surface area (Å²) in [5.74, 6) is 0.922. The number of thiophene rings is 1. The van der Waals surface area contributed by atoms with Crippen LogP contribution in [0, 0.1) is 13.8 Å². The maximum absolute atomic E-state index is 5.46. The lowest BCUT2D eigenvalue weighted by atomic mass is 10.1. The number of aromatic nitrogens is 1. The van der Waals surface area contributed by atoms with Gasteiger partial charge in [0.05, 0.1) is 18.8 Å². The summed E-state index contributed by atoms with van der Waals surface area (Å²) in [5, 5.41) is 9.18. The Bertz CT molecular complexity index is 761. The van der Waals surface area contributed by atoms with Gasteiger partial charge in [-0.25, -0.2) is 4.98 Å². The van der Waals surface area contributed by atoms with Gasteiger partial charge in [0, 0.05) is 17.0 Å². The van der Waals surface area contributed by atoms with E-state index in [-0.39, 0.29) is 6.04 Å². The van der Waals surface area contributed by atoms with Crippen molar-refractivity contribution in [2.75, 3.05) is 7.11 Å². The molecule has 3 rings (SSSR count). The summed E-state index contributed by atoms with van der Waals surface area (Å²) in [6, 6.07) is 10.6. The maximum Gasteiger partial charge on any atom is 0.123 e. The minimum absolute atomic E-state index is 0.210. The zero-order chi connectivity index (χ0) is 16.9. The highest BCUT2D eigenvalue weighted by Gasteiger charge is 2.18. The van der Waals surface area contributed by atoms with Crippen LogP contribution in [0.3, 0.4) is 0 Å². The average molecular weight is 359 g/mol. The number of thiazole rings is 1. The summed E-state index contributed by atoms with van der Waals surface area (Å²) in [6.45, 7) is 4.98. The minimum atomic E-state index is 0.210. The molecule has 1 aromatic carbocycles. The van der Waals surface area contributed by atoms with Crippen molar-refractivity contribution in [2.24, 2.45) is 0 Å². The van der Waals surface area contributed by atoms with E-state index in [9.17, 15) is 0 Å². The molecule has 3 nitrogen and oxygen atoms in total. The van der Waals surface area contributed by atoms with Crippen LogP contribution >= 0.6 is 22.7 Å². The third kappa shape index (κ3) is 4.04. The molecule has 0 amide bonds. The molecule has 0 fully saturated rings. The molecule has 0 unspecified atom stereocenters. The van der Waals surface area contributed by atoms with E-state index in [0.29, 0.717) is 0 Å². The van der Waals surface area contributed by atoms with Crippen molar-refractivity contribution in [3.8, 4) is 5.75 Å². The Morgan fingerprint density at radius 1 is 1.21 bits per heavy atom. The highest BCUT2D eigenvalue weighted by molar-refractivity contribution is 7.11. The first kappa shape index (κ1) is 17.1. The molecule has 0 aliphatic rings. The molecule has 0 bridgehead atoms. The first-order chi connectivity index (χ1) is 11.7. The first-order valence-electron chi connectivity index (χ1n) is 7.97. The molecule has 126 valence electrons. The van der Waals surface area contributed by atoms with Crippen molar-refractivity contribution >= 4 is 22.7 Å². The van der Waals surface area contributed by atoms with E-state index in [2.05, 4.69) is 42.1 Å². The summed E-state index contributed by atoms with van der Waals surface area (Å²) < 4.78 is 5.46. The van der Waals surface area contributed by atoms with Gasteiger partial charge in [0.25, 0.3) is 0 Å². The lowest BCUT2D eigenvalue weighted by molar-refractivity contribution is 0.405. The van der Waals surface area contributed by atoms with E-state index in [1.165, 1.54) is 16.0 Å². The number of ether oxygens (including phenoxy) is 1. The first-order valence-corrected chi connectivity index (χ1v) is 9.73. The Kier molecular flexibility index (Phi) is 5.66. The molecule has 2 aromatic heterocycles. The van der Waals surface area contributed by atoms with E-state index < -0.39 is 0 Å². The molecule has 2 heterocycles. The molecule has 0 spiro atoms. The number of hydrogen-bond donors (Lipinski definition) is 1. The highest BCUT2D eigenvalue weighted by atomic mass is 32.1. The van der Waals surface area contributed by atoms with Gasteiger partial charge in [-0.3, -0.25) is 0 Å². The average Bonchev–Trinajstić information content (AvgIpc) is 3.22. The van der Waals surface area contributed by atoms with Crippen LogP contribution in [0.4, 0.5) is 0 Å². The van der Waals surface area contributed by atoms with Gasteiger partial charge in [0.1, 0.15) is 10.8 Å². The Morgan fingerprint density at radius 2 is 2.04 bits per heavy atom. The zero-order valence-electron chi connectivity index (χ0n) is 14.2. The molecule has 0 radical (unpaired) electrons. The van der Waals surface area contributed by atoms with E-state index in [1.807, 2.05) is 18.2 Å². The van der Waals surface area contributed by atoms with E-state index in [1.54, 1.807) is 29.8 Å². The second kappa shape index (κ2) is 7.92. The zero-order valence-corrected chi connectivity index (χ0v) is 15.8. The van der Waals surface area contributed by atoms with Gasteiger partial charge in [0.2, 0.25) is 0 Å². The van der Waals surface area contributed by atoms with E-state index >= 15 is 0 Å². The Morgan fingerprint density at radius 3 is 2.71 bits per heavy atom. The highest BCUT2D eigenvalue weighted by Crippen LogP contribution is 2.27. The summed E-state index contributed by atoms with van der Waals surface area (Å²) in [4.78, 5) is 6.07. The van der Waals surface area contributed by atoms with Gasteiger partial charge in [-0.1, -0.05) is 18.2 Å². The number of methoxy groups -OCH3 is 1. The van der Waals surface area contributed by atoms with Gasteiger partial charge in [0.15, 0.2) is 0 Å². The van der Waals surface area contributed by atoms with Crippen LogP contribution in [0.25, 0.3) is 0 Å². The lowest BCUT2D eigenvalue weighted by Gasteiger charge is -2.17. The summed E-state index contributed by atoms with van der Waals surface area (Å²) >= 11 is 3.53. The topological polar surface area (TPSA) is 34.1 Å². The van der Waals surface area contributed by atoms with Crippen LogP contribution < -0.4 is 10.1 Å². The van der Waals surface area contributed by atoms with Crippen molar-refractivity contribution in [3.63, 3.8) is 0 Å². The maximum atomic E-state index is 5.46. The normalized spacial score (nSPS) is 12.3. The fourth-order valence-electron chi connectivity index (χ4n) is 2.62. The molecule has 0 saturated carbocycles. The van der Waals surface area contributed by atoms with Crippen molar-refractivity contribution in [3.05, 3.63) is 67.8 Å². The van der Waals surface area contributed by atoms with Crippen LogP contribution in [-0.2, 0) is 13.0 Å². The van der Waals surface area contributed by atoms with Crippen LogP contribution in [0.5, 0.6) is 5.75 Å². The van der Waals surface area contributed by atoms with E-state index in [4.69, 9.17) is 9.72 Å². The van der Waals surface area contributed by atoms with Gasteiger partial charge in [-0.05, 0) is 48.7 Å². The van der Waals surface area contributed by atoms with Crippen molar-refractivity contribution in [1.82, 2.24) is 10.3 Å². The third-order valence-corrected chi connectivity index (χ3v) is 6.01.